The zero-order valence-corrected chi connectivity index (χ0v) is 13.3. The number of benzene rings is 2. The maximum atomic E-state index is 12.8. The number of ether oxygens (including phenoxy) is 1. The number of rotatable bonds is 3. The molecule has 0 saturated carbocycles. The van der Waals surface area contributed by atoms with Crippen molar-refractivity contribution in [3.05, 3.63) is 64.7 Å². The number of fused-ring (bicyclic) bond motifs is 1. The van der Waals surface area contributed by atoms with E-state index in [1.54, 1.807) is 23.1 Å². The highest BCUT2D eigenvalue weighted by atomic mass is 35.5. The third-order valence-corrected chi connectivity index (χ3v) is 4.14. The molecule has 1 heterocycles. The van der Waals surface area contributed by atoms with Crippen molar-refractivity contribution < 1.29 is 9.53 Å². The number of amides is 1. The van der Waals surface area contributed by atoms with E-state index < -0.39 is 0 Å². The molecule has 1 atom stereocenters. The van der Waals surface area contributed by atoms with Crippen LogP contribution in [0.15, 0.2) is 48.5 Å². The number of hydrogen-bond acceptors (Lipinski definition) is 2. The highest BCUT2D eigenvalue weighted by Gasteiger charge is 2.28. The van der Waals surface area contributed by atoms with E-state index in [9.17, 15) is 4.79 Å². The summed E-state index contributed by atoms with van der Waals surface area (Å²) in [4.78, 5) is 14.6. The van der Waals surface area contributed by atoms with Crippen molar-refractivity contribution in [3.8, 4) is 5.75 Å². The molecule has 0 aliphatic carbocycles. The molecule has 3 nitrogen and oxygen atoms in total. The maximum absolute atomic E-state index is 12.8. The van der Waals surface area contributed by atoms with Gasteiger partial charge in [0.05, 0.1) is 18.0 Å². The molecule has 0 saturated heterocycles. The number of alkyl halides is 1. The fraction of sp³-hybridized carbons (Fsp3) is 0.235. The first kappa shape index (κ1) is 15.2. The second kappa shape index (κ2) is 6.59. The molecule has 3 rings (SSSR count). The molecule has 0 unspecified atom stereocenters. The van der Waals surface area contributed by atoms with Gasteiger partial charge in [-0.1, -0.05) is 41.9 Å². The van der Waals surface area contributed by atoms with Crippen molar-refractivity contribution in [2.75, 3.05) is 12.4 Å². The Morgan fingerprint density at radius 1 is 1.18 bits per heavy atom. The van der Waals surface area contributed by atoms with Gasteiger partial charge in [-0.2, -0.15) is 0 Å². The van der Waals surface area contributed by atoms with E-state index in [-0.39, 0.29) is 12.0 Å². The minimum absolute atomic E-state index is 0.0889. The molecular formula is C17H15Cl2NO2. The lowest BCUT2D eigenvalue weighted by atomic mass is 10.1. The fourth-order valence-electron chi connectivity index (χ4n) is 2.51. The summed E-state index contributed by atoms with van der Waals surface area (Å²) in [6.45, 7) is 0.964. The first-order chi connectivity index (χ1) is 10.7. The summed E-state index contributed by atoms with van der Waals surface area (Å²) in [5.74, 6) is 0.769. The minimum Gasteiger partial charge on any atom is -0.486 e. The fourth-order valence-corrected chi connectivity index (χ4v) is 2.84. The lowest BCUT2D eigenvalue weighted by molar-refractivity contribution is 0.0709. The smallest absolute Gasteiger partial charge is 0.258 e. The van der Waals surface area contributed by atoms with E-state index in [1.807, 2.05) is 30.3 Å². The van der Waals surface area contributed by atoms with Crippen LogP contribution in [-0.4, -0.2) is 29.3 Å². The summed E-state index contributed by atoms with van der Waals surface area (Å²) in [5.41, 5.74) is 1.55. The van der Waals surface area contributed by atoms with E-state index >= 15 is 0 Å². The number of carbonyl (C=O) groups is 1. The zero-order chi connectivity index (χ0) is 15.5. The summed E-state index contributed by atoms with van der Waals surface area (Å²) < 4.78 is 5.85. The van der Waals surface area contributed by atoms with Gasteiger partial charge in [0, 0.05) is 11.6 Å². The van der Waals surface area contributed by atoms with Crippen molar-refractivity contribution in [1.29, 1.82) is 0 Å². The van der Waals surface area contributed by atoms with Crippen LogP contribution in [0.25, 0.3) is 0 Å². The van der Waals surface area contributed by atoms with Gasteiger partial charge >= 0.3 is 0 Å². The summed E-state index contributed by atoms with van der Waals surface area (Å²) in [5, 5.41) is 0.514. The highest BCUT2D eigenvalue weighted by Crippen LogP contribution is 2.29. The first-order valence-electron chi connectivity index (χ1n) is 7.03. The molecule has 0 spiro atoms. The molecule has 2 aromatic rings. The van der Waals surface area contributed by atoms with Gasteiger partial charge in [-0.05, 0) is 23.8 Å². The van der Waals surface area contributed by atoms with Crippen LogP contribution in [0.2, 0.25) is 5.02 Å². The molecule has 0 radical (unpaired) electrons. The van der Waals surface area contributed by atoms with Gasteiger partial charge in [0.15, 0.2) is 0 Å². The summed E-state index contributed by atoms with van der Waals surface area (Å²) >= 11 is 12.0. The molecule has 0 N–H and O–H groups in total. The van der Waals surface area contributed by atoms with E-state index in [1.165, 1.54) is 0 Å². The monoisotopic (exact) mass is 335 g/mol. The van der Waals surface area contributed by atoms with Gasteiger partial charge in [-0.3, -0.25) is 4.79 Å². The van der Waals surface area contributed by atoms with Crippen molar-refractivity contribution in [2.24, 2.45) is 0 Å². The second-order valence-electron chi connectivity index (χ2n) is 5.21. The summed E-state index contributed by atoms with van der Waals surface area (Å²) in [7, 11) is 0. The number of hydrogen-bond donors (Lipinski definition) is 0. The van der Waals surface area contributed by atoms with Crippen LogP contribution in [0.5, 0.6) is 5.75 Å². The van der Waals surface area contributed by atoms with Crippen LogP contribution in [0, 0.1) is 0 Å². The Bertz CT molecular complexity index is 676. The molecular weight excluding hydrogens is 321 g/mol. The van der Waals surface area contributed by atoms with Crippen molar-refractivity contribution in [2.45, 2.75) is 12.6 Å². The van der Waals surface area contributed by atoms with E-state index in [0.717, 1.165) is 5.56 Å². The molecule has 2 aromatic carbocycles. The predicted molar refractivity (Wildman–Crippen MR) is 87.8 cm³/mol. The van der Waals surface area contributed by atoms with Gasteiger partial charge in [-0.15, -0.1) is 11.6 Å². The molecule has 114 valence electrons. The average Bonchev–Trinajstić information content (AvgIpc) is 2.66. The number of nitrogens with zero attached hydrogens (tertiary/aromatic N) is 1. The van der Waals surface area contributed by atoms with Crippen LogP contribution >= 0.6 is 23.2 Å². The number of carbonyl (C=O) groups excluding carboxylic acids is 1. The van der Waals surface area contributed by atoms with Crippen molar-refractivity contribution in [1.82, 2.24) is 4.90 Å². The van der Waals surface area contributed by atoms with E-state index in [2.05, 4.69) is 0 Å². The van der Waals surface area contributed by atoms with Crippen molar-refractivity contribution in [3.63, 3.8) is 0 Å². The van der Waals surface area contributed by atoms with E-state index in [4.69, 9.17) is 27.9 Å². The largest absolute Gasteiger partial charge is 0.486 e. The Morgan fingerprint density at radius 2 is 1.95 bits per heavy atom. The average molecular weight is 336 g/mol. The molecule has 0 aromatic heterocycles. The van der Waals surface area contributed by atoms with Crippen LogP contribution in [0.1, 0.15) is 15.9 Å². The molecule has 1 aliphatic rings. The van der Waals surface area contributed by atoms with Crippen LogP contribution in [-0.2, 0) is 6.54 Å². The normalized spacial score (nSPS) is 17.6. The molecule has 1 amide bonds. The zero-order valence-electron chi connectivity index (χ0n) is 11.8. The van der Waals surface area contributed by atoms with Crippen LogP contribution in [0.4, 0.5) is 0 Å². The SMILES string of the molecule is O=C1c2cc(Cl)ccc2O[C@@H](CCl)CN1Cc1ccccc1. The standard InChI is InChI=1S/C17H15Cl2NO2/c18-9-14-11-20(10-12-4-2-1-3-5-12)17(21)15-8-13(19)6-7-16(15)22-14/h1-8,14H,9-11H2/t14-/m0/s1. The highest BCUT2D eigenvalue weighted by molar-refractivity contribution is 6.31. The topological polar surface area (TPSA) is 29.5 Å². The van der Waals surface area contributed by atoms with Crippen LogP contribution < -0.4 is 4.74 Å². The summed E-state index contributed by atoms with van der Waals surface area (Å²) in [6, 6.07) is 14.9. The van der Waals surface area contributed by atoms with Gasteiger partial charge in [0.25, 0.3) is 5.91 Å². The Hall–Kier alpha value is -1.71. The first-order valence-corrected chi connectivity index (χ1v) is 7.94. The van der Waals surface area contributed by atoms with Gasteiger partial charge in [0.2, 0.25) is 0 Å². The molecule has 5 heteroatoms. The lowest BCUT2D eigenvalue weighted by Gasteiger charge is -2.23. The van der Waals surface area contributed by atoms with Crippen molar-refractivity contribution >= 4 is 29.1 Å². The summed E-state index contributed by atoms with van der Waals surface area (Å²) in [6.07, 6.45) is -0.239. The Morgan fingerprint density at radius 3 is 2.68 bits per heavy atom. The minimum atomic E-state index is -0.239. The van der Waals surface area contributed by atoms with Crippen LogP contribution in [0.3, 0.4) is 0 Å². The van der Waals surface area contributed by atoms with Gasteiger partial charge in [0.1, 0.15) is 11.9 Å². The Balaban J connectivity index is 1.94. The maximum Gasteiger partial charge on any atom is 0.258 e. The third-order valence-electron chi connectivity index (χ3n) is 3.57. The Labute approximate surface area is 139 Å². The van der Waals surface area contributed by atoms with E-state index in [0.29, 0.717) is 35.3 Å². The quantitative estimate of drug-likeness (QED) is 0.794. The number of halogens is 2. The van der Waals surface area contributed by atoms with Gasteiger partial charge < -0.3 is 9.64 Å². The molecule has 0 fully saturated rings. The molecule has 1 aliphatic heterocycles. The third kappa shape index (κ3) is 3.21. The Kier molecular flexibility index (Phi) is 4.55. The predicted octanol–water partition coefficient (Wildman–Crippen LogP) is 3.98. The molecule has 22 heavy (non-hydrogen) atoms. The molecule has 0 bridgehead atoms. The lowest BCUT2D eigenvalue weighted by Crippen LogP contribution is -2.37. The van der Waals surface area contributed by atoms with Gasteiger partial charge in [-0.25, -0.2) is 0 Å². The second-order valence-corrected chi connectivity index (χ2v) is 5.95.